The molecule has 2 nitrogen and oxygen atoms in total. The van der Waals surface area contributed by atoms with Gasteiger partial charge >= 0.3 is 0 Å². The quantitative estimate of drug-likeness (QED) is 0.780. The van der Waals surface area contributed by atoms with Gasteiger partial charge in [-0.1, -0.05) is 50.2 Å². The number of rotatable bonds is 8. The van der Waals surface area contributed by atoms with Crippen molar-refractivity contribution in [2.45, 2.75) is 45.6 Å². The molecule has 2 rings (SSSR count). The van der Waals surface area contributed by atoms with E-state index in [1.54, 1.807) is 0 Å². The fourth-order valence-electron chi connectivity index (χ4n) is 2.80. The number of aryl methyl sites for hydroxylation is 2. The van der Waals surface area contributed by atoms with Gasteiger partial charge in [0.2, 0.25) is 0 Å². The monoisotopic (exact) mass is 282 g/mol. The van der Waals surface area contributed by atoms with Crippen LogP contribution in [0.1, 0.15) is 49.6 Å². The number of pyridine rings is 1. The molecule has 0 fully saturated rings. The van der Waals surface area contributed by atoms with Crippen LogP contribution in [0.2, 0.25) is 0 Å². The lowest BCUT2D eigenvalue weighted by Gasteiger charge is -2.20. The Morgan fingerprint density at radius 3 is 2.57 bits per heavy atom. The molecule has 0 aliphatic rings. The Balaban J connectivity index is 1.99. The van der Waals surface area contributed by atoms with Crippen LogP contribution in [0.3, 0.4) is 0 Å². The van der Waals surface area contributed by atoms with Crippen molar-refractivity contribution in [3.05, 3.63) is 65.5 Å². The van der Waals surface area contributed by atoms with Gasteiger partial charge in [0, 0.05) is 12.2 Å². The molecule has 1 aromatic carbocycles. The highest BCUT2D eigenvalue weighted by Gasteiger charge is 2.14. The highest BCUT2D eigenvalue weighted by atomic mass is 14.9. The van der Waals surface area contributed by atoms with E-state index >= 15 is 0 Å². The van der Waals surface area contributed by atoms with E-state index in [4.69, 9.17) is 0 Å². The zero-order valence-electron chi connectivity index (χ0n) is 13.2. The molecule has 112 valence electrons. The van der Waals surface area contributed by atoms with E-state index in [0.717, 1.165) is 25.8 Å². The van der Waals surface area contributed by atoms with Crippen LogP contribution in [0, 0.1) is 0 Å². The third-order valence-electron chi connectivity index (χ3n) is 3.89. The van der Waals surface area contributed by atoms with Crippen LogP contribution >= 0.6 is 0 Å². The predicted octanol–water partition coefficient (Wildman–Crippen LogP) is 4.32. The average Bonchev–Trinajstić information content (AvgIpc) is 2.55. The molecule has 1 aromatic heterocycles. The number of nitrogens with zero attached hydrogens (tertiary/aromatic N) is 1. The van der Waals surface area contributed by atoms with Crippen molar-refractivity contribution in [1.29, 1.82) is 0 Å². The zero-order chi connectivity index (χ0) is 14.9. The maximum Gasteiger partial charge on any atom is 0.0604 e. The van der Waals surface area contributed by atoms with Crippen LogP contribution in [-0.2, 0) is 12.8 Å². The molecule has 0 radical (unpaired) electrons. The summed E-state index contributed by atoms with van der Waals surface area (Å²) in [6, 6.07) is 15.3. The van der Waals surface area contributed by atoms with Crippen molar-refractivity contribution < 1.29 is 0 Å². The minimum absolute atomic E-state index is 0.370. The summed E-state index contributed by atoms with van der Waals surface area (Å²) in [6.07, 6.45) is 6.41. The minimum Gasteiger partial charge on any atom is -0.309 e. The van der Waals surface area contributed by atoms with Crippen LogP contribution < -0.4 is 5.32 Å². The average molecular weight is 282 g/mol. The van der Waals surface area contributed by atoms with Crippen molar-refractivity contribution in [3.63, 3.8) is 0 Å². The molecular weight excluding hydrogens is 256 g/mol. The largest absolute Gasteiger partial charge is 0.309 e. The highest BCUT2D eigenvalue weighted by Crippen LogP contribution is 2.21. The summed E-state index contributed by atoms with van der Waals surface area (Å²) in [4.78, 5) is 4.63. The van der Waals surface area contributed by atoms with E-state index < -0.39 is 0 Å². The van der Waals surface area contributed by atoms with Gasteiger partial charge in [-0.2, -0.15) is 0 Å². The van der Waals surface area contributed by atoms with Crippen molar-refractivity contribution >= 4 is 0 Å². The molecule has 2 heteroatoms. The summed E-state index contributed by atoms with van der Waals surface area (Å²) in [5.74, 6) is 0. The van der Waals surface area contributed by atoms with Gasteiger partial charge in [0.1, 0.15) is 0 Å². The molecule has 2 aromatic rings. The maximum atomic E-state index is 4.63. The molecule has 0 spiro atoms. The Labute approximate surface area is 128 Å². The Kier molecular flexibility index (Phi) is 6.42. The molecule has 0 saturated heterocycles. The van der Waals surface area contributed by atoms with E-state index in [1.807, 2.05) is 12.3 Å². The molecule has 21 heavy (non-hydrogen) atoms. The second-order valence-corrected chi connectivity index (χ2v) is 5.39. The lowest BCUT2D eigenvalue weighted by atomic mass is 9.98. The topological polar surface area (TPSA) is 24.9 Å². The lowest BCUT2D eigenvalue weighted by Crippen LogP contribution is -2.23. The maximum absolute atomic E-state index is 4.63. The van der Waals surface area contributed by atoms with Gasteiger partial charge in [-0.15, -0.1) is 0 Å². The molecule has 0 amide bonds. The van der Waals surface area contributed by atoms with Crippen molar-refractivity contribution in [2.75, 3.05) is 6.54 Å². The summed E-state index contributed by atoms with van der Waals surface area (Å²) in [5, 5.41) is 3.60. The van der Waals surface area contributed by atoms with Crippen LogP contribution in [0.15, 0.2) is 48.7 Å². The third kappa shape index (κ3) is 4.68. The first-order valence-electron chi connectivity index (χ1n) is 8.06. The molecule has 1 atom stereocenters. The van der Waals surface area contributed by atoms with Gasteiger partial charge in [-0.3, -0.25) is 4.98 Å². The molecule has 0 aliphatic carbocycles. The van der Waals surface area contributed by atoms with Crippen molar-refractivity contribution in [1.82, 2.24) is 10.3 Å². The van der Waals surface area contributed by atoms with Crippen molar-refractivity contribution in [3.8, 4) is 0 Å². The summed E-state index contributed by atoms with van der Waals surface area (Å²) in [7, 11) is 0. The number of hydrogen-bond donors (Lipinski definition) is 1. The first-order chi connectivity index (χ1) is 10.3. The van der Waals surface area contributed by atoms with E-state index in [-0.39, 0.29) is 0 Å². The lowest BCUT2D eigenvalue weighted by molar-refractivity contribution is 0.484. The van der Waals surface area contributed by atoms with Gasteiger partial charge in [0.05, 0.1) is 5.69 Å². The number of nitrogens with one attached hydrogen (secondary N) is 1. The van der Waals surface area contributed by atoms with Gasteiger partial charge in [0.15, 0.2) is 0 Å². The first-order valence-corrected chi connectivity index (χ1v) is 8.06. The first kappa shape index (κ1) is 15.7. The summed E-state index contributed by atoms with van der Waals surface area (Å²) in [6.45, 7) is 5.35. The smallest absolute Gasteiger partial charge is 0.0604 e. The Morgan fingerprint density at radius 1 is 1.05 bits per heavy atom. The number of hydrogen-bond acceptors (Lipinski definition) is 2. The van der Waals surface area contributed by atoms with Crippen molar-refractivity contribution in [2.24, 2.45) is 0 Å². The number of aromatic nitrogens is 1. The highest BCUT2D eigenvalue weighted by molar-refractivity contribution is 5.23. The van der Waals surface area contributed by atoms with Crippen LogP contribution in [0.4, 0.5) is 0 Å². The SMILES string of the molecule is CCNC(CCCc1ccccc1)c1ncccc1CC. The molecule has 1 N–H and O–H groups in total. The van der Waals surface area contributed by atoms with E-state index in [2.05, 4.69) is 60.5 Å². The summed E-state index contributed by atoms with van der Waals surface area (Å²) >= 11 is 0. The Hall–Kier alpha value is -1.67. The van der Waals surface area contributed by atoms with Gasteiger partial charge in [-0.25, -0.2) is 0 Å². The van der Waals surface area contributed by atoms with Gasteiger partial charge in [0.25, 0.3) is 0 Å². The molecule has 1 unspecified atom stereocenters. The second-order valence-electron chi connectivity index (χ2n) is 5.39. The Bertz CT molecular complexity index is 522. The fourth-order valence-corrected chi connectivity index (χ4v) is 2.80. The molecule has 0 bridgehead atoms. The molecule has 0 aliphatic heterocycles. The second kappa shape index (κ2) is 8.58. The normalized spacial score (nSPS) is 12.3. The third-order valence-corrected chi connectivity index (χ3v) is 3.89. The fraction of sp³-hybridized carbons (Fsp3) is 0.421. The van der Waals surface area contributed by atoms with Gasteiger partial charge < -0.3 is 5.32 Å². The number of benzene rings is 1. The van der Waals surface area contributed by atoms with Gasteiger partial charge in [-0.05, 0) is 49.4 Å². The minimum atomic E-state index is 0.370. The summed E-state index contributed by atoms with van der Waals surface area (Å²) < 4.78 is 0. The molecule has 0 saturated carbocycles. The molecular formula is C19H26N2. The molecule has 1 heterocycles. The summed E-state index contributed by atoms with van der Waals surface area (Å²) in [5.41, 5.74) is 4.02. The zero-order valence-corrected chi connectivity index (χ0v) is 13.2. The van der Waals surface area contributed by atoms with E-state index in [0.29, 0.717) is 6.04 Å². The standard InChI is InChI=1S/C19H26N2/c1-3-17-13-9-15-21-19(17)18(20-4-2)14-8-12-16-10-6-5-7-11-16/h5-7,9-11,13,15,18,20H,3-4,8,12,14H2,1-2H3. The van der Waals surface area contributed by atoms with Crippen LogP contribution in [0.25, 0.3) is 0 Å². The van der Waals surface area contributed by atoms with E-state index in [9.17, 15) is 0 Å². The predicted molar refractivity (Wildman–Crippen MR) is 89.4 cm³/mol. The van der Waals surface area contributed by atoms with Crippen LogP contribution in [-0.4, -0.2) is 11.5 Å². The van der Waals surface area contributed by atoms with Crippen LogP contribution in [0.5, 0.6) is 0 Å². The Morgan fingerprint density at radius 2 is 1.86 bits per heavy atom. The van der Waals surface area contributed by atoms with E-state index in [1.165, 1.54) is 23.2 Å².